The van der Waals surface area contributed by atoms with Crippen LogP contribution in [0.2, 0.25) is 0 Å². The lowest BCUT2D eigenvalue weighted by atomic mass is 9.97. The molecule has 1 saturated heterocycles. The van der Waals surface area contributed by atoms with Crippen LogP contribution in [0.4, 0.5) is 0 Å². The molecule has 0 radical (unpaired) electrons. The minimum atomic E-state index is -1.26. The normalized spacial score (nSPS) is 17.1. The number of hydrogen-bond acceptors (Lipinski definition) is 15. The third kappa shape index (κ3) is 28.5. The van der Waals surface area contributed by atoms with E-state index in [0.29, 0.717) is 51.6 Å². The molecule has 27 nitrogen and oxygen atoms in total. The summed E-state index contributed by atoms with van der Waals surface area (Å²) in [5.41, 5.74) is 17.3. The quantitative estimate of drug-likeness (QED) is 0.0361. The number of carboxylic acid groups (broad SMARTS) is 1. The van der Waals surface area contributed by atoms with Crippen LogP contribution in [0, 0.1) is 35.5 Å². The first kappa shape index (κ1) is 78.5. The zero-order valence-corrected chi connectivity index (χ0v) is 54.5. The van der Waals surface area contributed by atoms with Crippen LogP contribution in [-0.2, 0) is 57.5 Å². The van der Waals surface area contributed by atoms with Crippen LogP contribution in [0.15, 0.2) is 0 Å². The highest BCUT2D eigenvalue weighted by atomic mass is 16.4. The van der Waals surface area contributed by atoms with Gasteiger partial charge in [0.05, 0.1) is 6.04 Å². The maximum atomic E-state index is 14.6. The molecule has 0 aromatic carbocycles. The number of amides is 11. The molecule has 0 saturated carbocycles. The number of carbonyl (C=O) groups is 12. The molecule has 498 valence electrons. The third-order valence-corrected chi connectivity index (χ3v) is 14.8. The van der Waals surface area contributed by atoms with Gasteiger partial charge in [0.2, 0.25) is 65.0 Å². The zero-order chi connectivity index (χ0) is 66.6. The Kier molecular flexibility index (Phi) is 35.6. The summed E-state index contributed by atoms with van der Waals surface area (Å²) in [5.74, 6) is -10.1. The van der Waals surface area contributed by atoms with E-state index in [1.54, 1.807) is 27.7 Å². The van der Waals surface area contributed by atoms with Crippen molar-refractivity contribution in [3.63, 3.8) is 0 Å². The van der Waals surface area contributed by atoms with Gasteiger partial charge >= 0.3 is 5.97 Å². The number of likely N-dealkylation sites (tertiary alicyclic amines) is 1. The van der Waals surface area contributed by atoms with Crippen LogP contribution in [0.1, 0.15) is 181 Å². The van der Waals surface area contributed by atoms with Crippen LogP contribution >= 0.6 is 0 Å². The Balaban J connectivity index is 3.29. The van der Waals surface area contributed by atoms with Gasteiger partial charge in [0.25, 0.3) is 0 Å². The van der Waals surface area contributed by atoms with Crippen LogP contribution in [0.3, 0.4) is 0 Å². The fourth-order valence-electron chi connectivity index (χ4n) is 9.81. The molecule has 11 amide bonds. The molecule has 87 heavy (non-hydrogen) atoms. The van der Waals surface area contributed by atoms with E-state index in [2.05, 4.69) is 53.2 Å². The maximum Gasteiger partial charge on any atom is 0.325 e. The summed E-state index contributed by atoms with van der Waals surface area (Å²) in [6, 6.07) is -13.5. The average Bonchev–Trinajstić information content (AvgIpc) is 4.16. The van der Waals surface area contributed by atoms with Crippen LogP contribution < -0.4 is 70.4 Å². The Bertz CT molecular complexity index is 2280. The van der Waals surface area contributed by atoms with Crippen LogP contribution in [0.25, 0.3) is 0 Å². The fourth-order valence-corrected chi connectivity index (χ4v) is 9.81. The molecule has 0 aromatic heterocycles. The highest BCUT2D eigenvalue weighted by Crippen LogP contribution is 2.22. The standard InChI is InChI=1S/C60H110N14O13/c1-31(2)27-42(53(79)66-39(15)60(86)87)68-54(80)43(28-32(3)4)69-58(84)48(36(11)12)73-56(82)46-23-20-26-74(46)59(85)45(30-34(7)8)71-55(81)44(29-33(5)6)70-57(83)47(35(9)10)72-50(76)38(14)64-49(75)37(13)65-52(78)41(22-17-19-25-62)67-51(77)40(63)21-16-18-24-61/h31-48H,16-30,61-63H2,1-15H3,(H,64,75)(H,65,78)(H,66,79)(H,67,77)(H,68,80)(H,69,84)(H,70,83)(H,71,81)(H,72,76)(H,73,82)(H,86,87)/t37-,38-,39-,40-,41-,42-,43-,44-,45-,46-,47-,48-/m0/s1. The lowest BCUT2D eigenvalue weighted by Gasteiger charge is -2.32. The van der Waals surface area contributed by atoms with Crippen molar-refractivity contribution in [1.82, 2.24) is 58.1 Å². The molecule has 17 N–H and O–H groups in total. The van der Waals surface area contributed by atoms with Crippen LogP contribution in [0.5, 0.6) is 0 Å². The minimum Gasteiger partial charge on any atom is -0.480 e. The van der Waals surface area contributed by atoms with Crippen molar-refractivity contribution in [3.8, 4) is 0 Å². The second-order valence-corrected chi connectivity index (χ2v) is 25.7. The summed E-state index contributed by atoms with van der Waals surface area (Å²) >= 11 is 0. The summed E-state index contributed by atoms with van der Waals surface area (Å²) in [6.45, 7) is 26.6. The van der Waals surface area contributed by atoms with E-state index in [4.69, 9.17) is 17.2 Å². The van der Waals surface area contributed by atoms with Gasteiger partial charge < -0.3 is 80.4 Å². The second kappa shape index (κ2) is 39.4. The van der Waals surface area contributed by atoms with Crippen molar-refractivity contribution in [2.75, 3.05) is 19.6 Å². The van der Waals surface area contributed by atoms with E-state index in [9.17, 15) is 62.6 Å². The molecule has 1 heterocycles. The van der Waals surface area contributed by atoms with Crippen molar-refractivity contribution in [3.05, 3.63) is 0 Å². The molecule has 1 aliphatic rings. The molecule has 1 aliphatic heterocycles. The maximum absolute atomic E-state index is 14.6. The van der Waals surface area contributed by atoms with E-state index in [0.717, 1.165) is 0 Å². The number of nitrogens with two attached hydrogens (primary N) is 3. The van der Waals surface area contributed by atoms with Crippen molar-refractivity contribution < 1.29 is 62.6 Å². The Morgan fingerprint density at radius 1 is 0.414 bits per heavy atom. The molecule has 1 fully saturated rings. The predicted octanol–water partition coefficient (Wildman–Crippen LogP) is 0.0514. The number of carboxylic acids is 1. The molecule has 0 unspecified atom stereocenters. The van der Waals surface area contributed by atoms with Gasteiger partial charge in [-0.15, -0.1) is 0 Å². The van der Waals surface area contributed by atoms with E-state index in [1.165, 1.54) is 25.7 Å². The number of nitrogens with one attached hydrogen (secondary N) is 10. The van der Waals surface area contributed by atoms with Crippen molar-refractivity contribution >= 4 is 70.9 Å². The summed E-state index contributed by atoms with van der Waals surface area (Å²) in [7, 11) is 0. The average molecular weight is 1240 g/mol. The number of hydrogen-bond donors (Lipinski definition) is 14. The van der Waals surface area contributed by atoms with Crippen molar-refractivity contribution in [1.29, 1.82) is 0 Å². The first-order valence-electron chi connectivity index (χ1n) is 31.3. The number of aliphatic carboxylic acids is 1. The SMILES string of the molecule is CC(C)C[C@H](NC(=O)[C@H](CC(C)C)NC(=O)[C@@H](NC(=O)[C@@H]1CCCN1C(=O)[C@H](CC(C)C)NC(=O)[C@H](CC(C)C)NC(=O)[C@@H](NC(=O)[C@H](C)NC(=O)[C@H](C)NC(=O)[C@H](CCCCN)NC(=O)[C@@H](N)CCCCN)C(C)C)C(C)C)C(=O)N[C@@H](C)C(=O)O. The zero-order valence-electron chi connectivity index (χ0n) is 54.5. The smallest absolute Gasteiger partial charge is 0.325 e. The van der Waals surface area contributed by atoms with Gasteiger partial charge in [0, 0.05) is 6.54 Å². The van der Waals surface area contributed by atoms with Gasteiger partial charge in [0.1, 0.15) is 66.5 Å². The molecular formula is C60H110N14O13. The highest BCUT2D eigenvalue weighted by molar-refractivity contribution is 5.99. The Hall–Kier alpha value is -6.48. The fraction of sp³-hybridized carbons (Fsp3) is 0.800. The second-order valence-electron chi connectivity index (χ2n) is 25.7. The molecule has 0 aromatic rings. The van der Waals surface area contributed by atoms with E-state index < -0.39 is 155 Å². The largest absolute Gasteiger partial charge is 0.480 e. The Morgan fingerprint density at radius 3 is 1.21 bits per heavy atom. The van der Waals surface area contributed by atoms with Gasteiger partial charge in [-0.25, -0.2) is 0 Å². The van der Waals surface area contributed by atoms with Gasteiger partial charge in [0.15, 0.2) is 0 Å². The summed E-state index contributed by atoms with van der Waals surface area (Å²) < 4.78 is 0. The van der Waals surface area contributed by atoms with Gasteiger partial charge in [-0.2, -0.15) is 0 Å². The first-order chi connectivity index (χ1) is 40.6. The minimum absolute atomic E-state index is 0.0767. The molecule has 12 atom stereocenters. The number of carbonyl (C=O) groups excluding carboxylic acids is 11. The topological polar surface area (TPSA) is 427 Å². The van der Waals surface area contributed by atoms with E-state index in [-0.39, 0.29) is 68.7 Å². The molecular weight excluding hydrogens is 1120 g/mol. The van der Waals surface area contributed by atoms with Gasteiger partial charge in [-0.1, -0.05) is 89.5 Å². The van der Waals surface area contributed by atoms with Gasteiger partial charge in [-0.3, -0.25) is 57.5 Å². The number of rotatable bonds is 40. The van der Waals surface area contributed by atoms with Crippen molar-refractivity contribution in [2.24, 2.45) is 52.7 Å². The summed E-state index contributed by atoms with van der Waals surface area (Å²) in [5, 5.41) is 36.2. The summed E-state index contributed by atoms with van der Waals surface area (Å²) in [4.78, 5) is 165. The van der Waals surface area contributed by atoms with E-state index >= 15 is 0 Å². The number of nitrogens with zero attached hydrogens (tertiary/aromatic N) is 1. The predicted molar refractivity (Wildman–Crippen MR) is 330 cm³/mol. The number of unbranched alkanes of at least 4 members (excludes halogenated alkanes) is 2. The highest BCUT2D eigenvalue weighted by Gasteiger charge is 2.42. The first-order valence-corrected chi connectivity index (χ1v) is 31.3. The van der Waals surface area contributed by atoms with Gasteiger partial charge in [-0.05, 0) is 140 Å². The molecule has 0 bridgehead atoms. The molecule has 1 rings (SSSR count). The molecule has 27 heteroatoms. The lowest BCUT2D eigenvalue weighted by Crippen LogP contribution is -2.61. The Labute approximate surface area is 515 Å². The Morgan fingerprint density at radius 2 is 0.770 bits per heavy atom. The van der Waals surface area contributed by atoms with E-state index in [1.807, 2.05) is 55.4 Å². The monoisotopic (exact) mass is 1230 g/mol. The summed E-state index contributed by atoms with van der Waals surface area (Å²) in [6.07, 6.45) is 4.28. The third-order valence-electron chi connectivity index (χ3n) is 14.8. The molecule has 0 spiro atoms. The lowest BCUT2D eigenvalue weighted by molar-refractivity contribution is -0.143. The van der Waals surface area contributed by atoms with Crippen molar-refractivity contribution in [2.45, 2.75) is 253 Å². The van der Waals surface area contributed by atoms with Crippen LogP contribution in [-0.4, -0.2) is 173 Å². The molecule has 0 aliphatic carbocycles.